The van der Waals surface area contributed by atoms with Gasteiger partial charge in [0.15, 0.2) is 6.29 Å². The molecule has 2 atom stereocenters. The van der Waals surface area contributed by atoms with Crippen LogP contribution in [-0.2, 0) is 14.2 Å². The van der Waals surface area contributed by atoms with Gasteiger partial charge >= 0.3 is 0 Å². The third-order valence-corrected chi connectivity index (χ3v) is 2.83. The van der Waals surface area contributed by atoms with Crippen LogP contribution in [0.25, 0.3) is 0 Å². The van der Waals surface area contributed by atoms with E-state index in [9.17, 15) is 5.11 Å². The van der Waals surface area contributed by atoms with Crippen molar-refractivity contribution in [2.75, 3.05) is 6.61 Å². The van der Waals surface area contributed by atoms with Crippen LogP contribution in [0, 0.1) is 0 Å². The summed E-state index contributed by atoms with van der Waals surface area (Å²) < 4.78 is 16.3. The second-order valence-electron chi connectivity index (χ2n) is 4.10. The monoisotopic (exact) mass is 222 g/mol. The zero-order valence-electron chi connectivity index (χ0n) is 8.89. The Kier molecular flexibility index (Phi) is 2.46. The van der Waals surface area contributed by atoms with Crippen molar-refractivity contribution in [1.82, 2.24) is 0 Å². The summed E-state index contributed by atoms with van der Waals surface area (Å²) in [5.41, 5.74) is 0.887. The molecule has 0 saturated carbocycles. The smallest absolute Gasteiger partial charge is 0.218 e. The maximum Gasteiger partial charge on any atom is 0.218 e. The summed E-state index contributed by atoms with van der Waals surface area (Å²) in [6, 6.07) is 0. The molecule has 3 rings (SSSR count). The van der Waals surface area contributed by atoms with E-state index in [4.69, 9.17) is 14.2 Å². The van der Waals surface area contributed by atoms with E-state index >= 15 is 0 Å². The second-order valence-corrected chi connectivity index (χ2v) is 4.10. The molecule has 16 heavy (non-hydrogen) atoms. The molecule has 1 fully saturated rings. The molecule has 0 amide bonds. The Balaban J connectivity index is 1.65. The molecule has 0 aromatic rings. The highest BCUT2D eigenvalue weighted by molar-refractivity contribution is 5.50. The first-order chi connectivity index (χ1) is 7.81. The molecule has 0 bridgehead atoms. The molecule has 3 aliphatic rings. The number of hydrogen-bond acceptors (Lipinski definition) is 4. The van der Waals surface area contributed by atoms with Crippen LogP contribution in [0.2, 0.25) is 0 Å². The van der Waals surface area contributed by atoms with Crippen molar-refractivity contribution in [3.05, 3.63) is 35.3 Å². The molecule has 1 saturated heterocycles. The Labute approximate surface area is 93.8 Å². The van der Waals surface area contributed by atoms with Gasteiger partial charge < -0.3 is 19.3 Å². The third-order valence-electron chi connectivity index (χ3n) is 2.83. The third kappa shape index (κ3) is 1.86. The Bertz CT molecular complexity index is 374. The van der Waals surface area contributed by atoms with Crippen molar-refractivity contribution in [2.24, 2.45) is 0 Å². The lowest BCUT2D eigenvalue weighted by Gasteiger charge is -2.23. The van der Waals surface area contributed by atoms with Crippen molar-refractivity contribution >= 4 is 0 Å². The lowest BCUT2D eigenvalue weighted by atomic mass is 10.2. The summed E-state index contributed by atoms with van der Waals surface area (Å²) in [5.74, 6) is 1.43. The predicted molar refractivity (Wildman–Crippen MR) is 56.0 cm³/mol. The molecule has 1 N–H and O–H groups in total. The van der Waals surface area contributed by atoms with Gasteiger partial charge in [0.1, 0.15) is 11.5 Å². The summed E-state index contributed by atoms with van der Waals surface area (Å²) in [6.07, 6.45) is 7.55. The highest BCUT2D eigenvalue weighted by atomic mass is 16.7. The molecule has 4 nitrogen and oxygen atoms in total. The van der Waals surface area contributed by atoms with Crippen LogP contribution in [0.5, 0.6) is 0 Å². The van der Waals surface area contributed by atoms with Crippen LogP contribution in [0.1, 0.15) is 19.3 Å². The van der Waals surface area contributed by atoms with Crippen molar-refractivity contribution in [3.63, 3.8) is 0 Å². The second kappa shape index (κ2) is 3.96. The maximum absolute atomic E-state index is 9.21. The predicted octanol–water partition coefficient (Wildman–Crippen LogP) is 1.59. The number of allylic oxidation sites excluding steroid dienone is 2. The van der Waals surface area contributed by atoms with E-state index in [0.29, 0.717) is 5.76 Å². The molecule has 0 spiro atoms. The number of hydrogen-bond donors (Lipinski definition) is 1. The lowest BCUT2D eigenvalue weighted by Crippen LogP contribution is -2.21. The summed E-state index contributed by atoms with van der Waals surface area (Å²) in [5, 5.41) is 9.21. The van der Waals surface area contributed by atoms with E-state index in [1.165, 1.54) is 0 Å². The van der Waals surface area contributed by atoms with Crippen molar-refractivity contribution in [3.8, 4) is 0 Å². The van der Waals surface area contributed by atoms with Crippen molar-refractivity contribution in [1.29, 1.82) is 0 Å². The normalized spacial score (nSPS) is 32.4. The molecule has 2 unspecified atom stereocenters. The van der Waals surface area contributed by atoms with Gasteiger partial charge in [-0.3, -0.25) is 0 Å². The molecule has 2 heterocycles. The van der Waals surface area contributed by atoms with Crippen LogP contribution >= 0.6 is 0 Å². The van der Waals surface area contributed by atoms with Gasteiger partial charge in [0, 0.05) is 18.1 Å². The van der Waals surface area contributed by atoms with E-state index in [1.54, 1.807) is 12.2 Å². The molecule has 0 aromatic heterocycles. The molecule has 0 radical (unpaired) electrons. The molecular formula is C12H14O4. The first kappa shape index (κ1) is 9.93. The minimum Gasteiger partial charge on any atom is -0.465 e. The van der Waals surface area contributed by atoms with E-state index in [1.807, 2.05) is 6.08 Å². The largest absolute Gasteiger partial charge is 0.465 e. The van der Waals surface area contributed by atoms with E-state index < -0.39 is 6.29 Å². The zero-order chi connectivity index (χ0) is 11.0. The van der Waals surface area contributed by atoms with Gasteiger partial charge in [-0.1, -0.05) is 0 Å². The first-order valence-corrected chi connectivity index (χ1v) is 5.60. The summed E-state index contributed by atoms with van der Waals surface area (Å²) in [4.78, 5) is 0. The van der Waals surface area contributed by atoms with Crippen molar-refractivity contribution in [2.45, 2.75) is 31.8 Å². The molecule has 2 aliphatic heterocycles. The molecular weight excluding hydrogens is 208 g/mol. The van der Waals surface area contributed by atoms with Gasteiger partial charge in [-0.2, -0.15) is 0 Å². The summed E-state index contributed by atoms with van der Waals surface area (Å²) in [6.45, 7) is 0.770. The van der Waals surface area contributed by atoms with Gasteiger partial charge in [0.2, 0.25) is 6.29 Å². The van der Waals surface area contributed by atoms with Crippen LogP contribution < -0.4 is 0 Å². The van der Waals surface area contributed by atoms with Gasteiger partial charge in [0.25, 0.3) is 0 Å². The Hall–Kier alpha value is -1.26. The number of fused-ring (bicyclic) bond motifs is 1. The quantitative estimate of drug-likeness (QED) is 0.770. The maximum atomic E-state index is 9.21. The molecule has 86 valence electrons. The number of aliphatic hydroxyl groups excluding tert-OH is 1. The molecule has 4 heteroatoms. The topological polar surface area (TPSA) is 47.9 Å². The lowest BCUT2D eigenvalue weighted by molar-refractivity contribution is -0.135. The first-order valence-electron chi connectivity index (χ1n) is 5.60. The van der Waals surface area contributed by atoms with Gasteiger partial charge in [-0.05, 0) is 25.0 Å². The Morgan fingerprint density at radius 2 is 2.25 bits per heavy atom. The van der Waals surface area contributed by atoms with E-state index in [0.717, 1.165) is 37.2 Å². The van der Waals surface area contributed by atoms with Gasteiger partial charge in [0.05, 0.1) is 6.61 Å². The highest BCUT2D eigenvalue weighted by Crippen LogP contribution is 2.32. The highest BCUT2D eigenvalue weighted by Gasteiger charge is 2.26. The Morgan fingerprint density at radius 1 is 1.31 bits per heavy atom. The fourth-order valence-corrected chi connectivity index (χ4v) is 2.05. The average molecular weight is 222 g/mol. The van der Waals surface area contributed by atoms with Gasteiger partial charge in [-0.25, -0.2) is 0 Å². The number of ether oxygens (including phenoxy) is 3. The standard InChI is InChI=1S/C12H14O4/c13-11-6-8-5-9(7-10(8)16-11)15-12-3-1-2-4-14-12/h5-7,11-13H,1-4H2. The average Bonchev–Trinajstić information content (AvgIpc) is 2.76. The van der Waals surface area contributed by atoms with Gasteiger partial charge in [-0.15, -0.1) is 0 Å². The van der Waals surface area contributed by atoms with Crippen LogP contribution in [0.15, 0.2) is 35.3 Å². The van der Waals surface area contributed by atoms with Crippen molar-refractivity contribution < 1.29 is 19.3 Å². The number of rotatable bonds is 2. The minimum atomic E-state index is -0.815. The summed E-state index contributed by atoms with van der Waals surface area (Å²) >= 11 is 0. The number of aliphatic hydroxyl groups is 1. The van der Waals surface area contributed by atoms with E-state index in [2.05, 4.69) is 0 Å². The van der Waals surface area contributed by atoms with Crippen LogP contribution in [0.4, 0.5) is 0 Å². The van der Waals surface area contributed by atoms with Crippen LogP contribution in [0.3, 0.4) is 0 Å². The SMILES string of the molecule is OC1C=C2C=C(OC3CCCCO3)C=C2O1. The minimum absolute atomic E-state index is 0.138. The zero-order valence-corrected chi connectivity index (χ0v) is 8.89. The summed E-state index contributed by atoms with van der Waals surface area (Å²) in [7, 11) is 0. The Morgan fingerprint density at radius 3 is 3.00 bits per heavy atom. The molecule has 1 aliphatic carbocycles. The fourth-order valence-electron chi connectivity index (χ4n) is 2.05. The fraction of sp³-hybridized carbons (Fsp3) is 0.500. The molecule has 0 aromatic carbocycles. The van der Waals surface area contributed by atoms with E-state index in [-0.39, 0.29) is 6.29 Å². The van der Waals surface area contributed by atoms with Crippen LogP contribution in [-0.4, -0.2) is 24.3 Å².